The van der Waals surface area contributed by atoms with Gasteiger partial charge < -0.3 is 14.6 Å². The number of amides is 1. The van der Waals surface area contributed by atoms with Crippen LogP contribution in [0.5, 0.6) is 0 Å². The third-order valence-electron chi connectivity index (χ3n) is 2.84. The van der Waals surface area contributed by atoms with E-state index >= 15 is 0 Å². The van der Waals surface area contributed by atoms with E-state index in [1.165, 1.54) is 4.74 Å². The largest absolute Gasteiger partial charge is 0.383 e. The van der Waals surface area contributed by atoms with E-state index in [1.807, 2.05) is 30.3 Å². The number of benzene rings is 1. The Kier molecular flexibility index (Phi) is 4.37. The average Bonchev–Trinajstić information content (AvgIpc) is 2.74. The van der Waals surface area contributed by atoms with Crippen LogP contribution in [0.4, 0.5) is 0 Å². The molecule has 0 spiro atoms. The maximum Gasteiger partial charge on any atom is 0.370 e. The molecule has 2 aromatic rings. The molecule has 1 amide bonds. The Labute approximate surface area is 115 Å². The number of aryl methyl sites for hydroxylation is 1. The summed E-state index contributed by atoms with van der Waals surface area (Å²) in [5, 5.41) is 2.63. The Bertz CT molecular complexity index is 643. The molecular formula is C14H16N2O4. The summed E-state index contributed by atoms with van der Waals surface area (Å²) in [4.78, 5) is 23.9. The standard InChI is InChI=1S/C14H16N2O4/c1-16-12(10-6-4-3-5-7-10)11(14(18)20-16)13(17)15-8-9-19-2/h3-7H,8-9H2,1-2H3,(H,15,17). The zero-order chi connectivity index (χ0) is 14.5. The summed E-state index contributed by atoms with van der Waals surface area (Å²) in [5.41, 5.74) is 0.569. The van der Waals surface area contributed by atoms with Gasteiger partial charge in [-0.15, -0.1) is 0 Å². The van der Waals surface area contributed by atoms with Crippen LogP contribution in [0.1, 0.15) is 10.4 Å². The van der Waals surface area contributed by atoms with Gasteiger partial charge >= 0.3 is 5.63 Å². The Morgan fingerprint density at radius 1 is 1.35 bits per heavy atom. The summed E-state index contributed by atoms with van der Waals surface area (Å²) in [6.07, 6.45) is 0. The molecule has 1 aromatic carbocycles. The highest BCUT2D eigenvalue weighted by Crippen LogP contribution is 2.21. The van der Waals surface area contributed by atoms with Gasteiger partial charge in [0.25, 0.3) is 5.91 Å². The molecule has 1 N–H and O–H groups in total. The van der Waals surface area contributed by atoms with Gasteiger partial charge in [0.15, 0.2) is 5.56 Å². The number of nitrogens with one attached hydrogen (secondary N) is 1. The fraction of sp³-hybridized carbons (Fsp3) is 0.286. The third kappa shape index (κ3) is 2.80. The van der Waals surface area contributed by atoms with E-state index in [2.05, 4.69) is 5.32 Å². The monoisotopic (exact) mass is 276 g/mol. The molecule has 0 fully saturated rings. The summed E-state index contributed by atoms with van der Waals surface area (Å²) in [7, 11) is 3.13. The van der Waals surface area contributed by atoms with Crippen molar-refractivity contribution in [3.8, 4) is 11.3 Å². The normalized spacial score (nSPS) is 10.5. The number of carbonyl (C=O) groups is 1. The van der Waals surface area contributed by atoms with Crippen molar-refractivity contribution in [1.29, 1.82) is 0 Å². The fourth-order valence-electron chi connectivity index (χ4n) is 1.95. The Morgan fingerprint density at radius 3 is 2.70 bits per heavy atom. The van der Waals surface area contributed by atoms with Gasteiger partial charge in [-0.05, 0) is 0 Å². The van der Waals surface area contributed by atoms with Crippen molar-refractivity contribution in [2.45, 2.75) is 0 Å². The first kappa shape index (κ1) is 14.1. The lowest BCUT2D eigenvalue weighted by atomic mass is 10.1. The molecule has 0 bridgehead atoms. The minimum Gasteiger partial charge on any atom is -0.383 e. The van der Waals surface area contributed by atoms with E-state index in [0.29, 0.717) is 18.8 Å². The van der Waals surface area contributed by atoms with Gasteiger partial charge in [-0.25, -0.2) is 9.53 Å². The molecule has 0 saturated heterocycles. The van der Waals surface area contributed by atoms with Gasteiger partial charge in [0.1, 0.15) is 5.69 Å². The van der Waals surface area contributed by atoms with Crippen LogP contribution >= 0.6 is 0 Å². The zero-order valence-electron chi connectivity index (χ0n) is 11.4. The molecule has 0 unspecified atom stereocenters. The molecule has 0 radical (unpaired) electrons. The number of rotatable bonds is 5. The first-order valence-corrected chi connectivity index (χ1v) is 6.18. The molecule has 1 heterocycles. The number of nitrogens with zero attached hydrogens (tertiary/aromatic N) is 1. The van der Waals surface area contributed by atoms with Gasteiger partial charge in [0.2, 0.25) is 0 Å². The molecule has 0 aliphatic rings. The first-order valence-electron chi connectivity index (χ1n) is 6.18. The van der Waals surface area contributed by atoms with Crippen molar-refractivity contribution in [2.24, 2.45) is 7.05 Å². The Morgan fingerprint density at radius 2 is 2.05 bits per heavy atom. The fourth-order valence-corrected chi connectivity index (χ4v) is 1.95. The average molecular weight is 276 g/mol. The number of hydrogen-bond donors (Lipinski definition) is 1. The lowest BCUT2D eigenvalue weighted by Crippen LogP contribution is -2.30. The van der Waals surface area contributed by atoms with Crippen molar-refractivity contribution in [2.75, 3.05) is 20.3 Å². The van der Waals surface area contributed by atoms with Crippen LogP contribution in [-0.4, -0.2) is 30.9 Å². The molecule has 20 heavy (non-hydrogen) atoms. The zero-order valence-corrected chi connectivity index (χ0v) is 11.4. The molecule has 0 aliphatic carbocycles. The van der Waals surface area contributed by atoms with Crippen LogP contribution in [0, 0.1) is 0 Å². The highest BCUT2D eigenvalue weighted by Gasteiger charge is 2.23. The number of ether oxygens (including phenoxy) is 1. The summed E-state index contributed by atoms with van der Waals surface area (Å²) in [5.74, 6) is -0.463. The lowest BCUT2D eigenvalue weighted by molar-refractivity contribution is 0.0935. The molecule has 0 atom stereocenters. The minimum atomic E-state index is -0.652. The molecule has 0 aliphatic heterocycles. The number of hydrogen-bond acceptors (Lipinski definition) is 4. The van der Waals surface area contributed by atoms with Crippen molar-refractivity contribution in [3.05, 3.63) is 46.3 Å². The van der Waals surface area contributed by atoms with Crippen molar-refractivity contribution in [1.82, 2.24) is 10.1 Å². The van der Waals surface area contributed by atoms with E-state index in [4.69, 9.17) is 9.26 Å². The van der Waals surface area contributed by atoms with Crippen LogP contribution in [0.15, 0.2) is 39.6 Å². The van der Waals surface area contributed by atoms with Crippen LogP contribution in [0.3, 0.4) is 0 Å². The van der Waals surface area contributed by atoms with Crippen molar-refractivity contribution < 1.29 is 14.1 Å². The summed E-state index contributed by atoms with van der Waals surface area (Å²) in [6.45, 7) is 0.711. The third-order valence-corrected chi connectivity index (χ3v) is 2.84. The van der Waals surface area contributed by atoms with E-state index in [1.54, 1.807) is 14.2 Å². The second-order valence-corrected chi connectivity index (χ2v) is 4.21. The van der Waals surface area contributed by atoms with E-state index < -0.39 is 11.5 Å². The molecule has 2 rings (SSSR count). The SMILES string of the molecule is COCCNC(=O)c1c(-c2ccccc2)n(C)oc1=O. The van der Waals surface area contributed by atoms with Crippen LogP contribution in [-0.2, 0) is 11.8 Å². The van der Waals surface area contributed by atoms with Crippen molar-refractivity contribution in [3.63, 3.8) is 0 Å². The number of methoxy groups -OCH3 is 1. The van der Waals surface area contributed by atoms with E-state index in [9.17, 15) is 9.59 Å². The van der Waals surface area contributed by atoms with Crippen LogP contribution < -0.4 is 10.9 Å². The summed E-state index contributed by atoms with van der Waals surface area (Å²) >= 11 is 0. The maximum atomic E-state index is 12.1. The highest BCUT2D eigenvalue weighted by atomic mass is 16.5. The second kappa shape index (κ2) is 6.21. The van der Waals surface area contributed by atoms with Crippen molar-refractivity contribution >= 4 is 5.91 Å². The maximum absolute atomic E-state index is 12.1. The smallest absolute Gasteiger partial charge is 0.370 e. The van der Waals surface area contributed by atoms with E-state index in [0.717, 1.165) is 5.56 Å². The Balaban J connectivity index is 2.38. The second-order valence-electron chi connectivity index (χ2n) is 4.21. The lowest BCUT2D eigenvalue weighted by Gasteiger charge is -2.05. The van der Waals surface area contributed by atoms with Crippen LogP contribution in [0.2, 0.25) is 0 Å². The van der Waals surface area contributed by atoms with Gasteiger partial charge in [0, 0.05) is 26.3 Å². The van der Waals surface area contributed by atoms with Crippen LogP contribution in [0.25, 0.3) is 11.3 Å². The highest BCUT2D eigenvalue weighted by molar-refractivity contribution is 5.99. The predicted octanol–water partition coefficient (Wildman–Crippen LogP) is 1.02. The quantitative estimate of drug-likeness (QED) is 0.827. The molecule has 106 valence electrons. The molecule has 6 nitrogen and oxygen atoms in total. The molecule has 1 aromatic heterocycles. The number of aromatic nitrogens is 1. The molecular weight excluding hydrogens is 260 g/mol. The first-order chi connectivity index (χ1) is 9.65. The Hall–Kier alpha value is -2.34. The van der Waals surface area contributed by atoms with Gasteiger partial charge in [0.05, 0.1) is 6.61 Å². The van der Waals surface area contributed by atoms with Gasteiger partial charge in [-0.1, -0.05) is 30.3 Å². The molecule has 6 heteroatoms. The topological polar surface area (TPSA) is 73.5 Å². The molecule has 0 saturated carbocycles. The summed E-state index contributed by atoms with van der Waals surface area (Å²) < 4.78 is 11.2. The number of carbonyl (C=O) groups excluding carboxylic acids is 1. The minimum absolute atomic E-state index is 0.00908. The van der Waals surface area contributed by atoms with Gasteiger partial charge in [-0.3, -0.25) is 4.79 Å². The summed E-state index contributed by atoms with van der Waals surface area (Å²) in [6, 6.07) is 9.16. The van der Waals surface area contributed by atoms with E-state index in [-0.39, 0.29) is 5.56 Å². The predicted molar refractivity (Wildman–Crippen MR) is 73.6 cm³/mol. The van der Waals surface area contributed by atoms with Gasteiger partial charge in [-0.2, -0.15) is 0 Å².